The number of methoxy groups -OCH3 is 1. The van der Waals surface area contributed by atoms with E-state index in [0.717, 1.165) is 40.3 Å². The van der Waals surface area contributed by atoms with Crippen molar-refractivity contribution < 1.29 is 22.7 Å². The van der Waals surface area contributed by atoms with Gasteiger partial charge in [0.15, 0.2) is 0 Å². The van der Waals surface area contributed by atoms with Gasteiger partial charge in [0.1, 0.15) is 18.3 Å². The molecule has 4 rings (SSSR count). The van der Waals surface area contributed by atoms with Crippen LogP contribution >= 0.6 is 0 Å². The third kappa shape index (κ3) is 8.97. The van der Waals surface area contributed by atoms with Gasteiger partial charge in [0.25, 0.3) is 10.0 Å². The van der Waals surface area contributed by atoms with E-state index in [2.05, 4.69) is 5.32 Å². The zero-order chi connectivity index (χ0) is 32.9. The Morgan fingerprint density at radius 1 is 0.804 bits per heavy atom. The van der Waals surface area contributed by atoms with Crippen LogP contribution in [-0.2, 0) is 39.0 Å². The number of carbonyl (C=O) groups excluding carboxylic acids is 2. The monoisotopic (exact) mass is 641 g/mol. The third-order valence-corrected chi connectivity index (χ3v) is 9.62. The summed E-state index contributed by atoms with van der Waals surface area (Å²) in [6, 6.07) is 31.2. The predicted octanol–water partition coefficient (Wildman–Crippen LogP) is 6.01. The molecular formula is C37H43N3O5S. The van der Waals surface area contributed by atoms with Gasteiger partial charge in [-0.1, -0.05) is 93.1 Å². The molecule has 0 radical (unpaired) electrons. The molecule has 0 bridgehead atoms. The quantitative estimate of drug-likeness (QED) is 0.151. The molecule has 242 valence electrons. The average Bonchev–Trinajstić information content (AvgIpc) is 3.09. The fourth-order valence-electron chi connectivity index (χ4n) is 5.17. The Morgan fingerprint density at radius 3 is 2.09 bits per heavy atom. The Bertz CT molecular complexity index is 1660. The van der Waals surface area contributed by atoms with E-state index in [1.165, 1.54) is 17.0 Å². The van der Waals surface area contributed by atoms with Gasteiger partial charge in [-0.15, -0.1) is 0 Å². The summed E-state index contributed by atoms with van der Waals surface area (Å²) < 4.78 is 34.8. The van der Waals surface area contributed by atoms with Crippen LogP contribution < -0.4 is 14.4 Å². The summed E-state index contributed by atoms with van der Waals surface area (Å²) in [6.45, 7) is 4.11. The van der Waals surface area contributed by atoms with Crippen molar-refractivity contribution in [3.63, 3.8) is 0 Å². The maximum Gasteiger partial charge on any atom is 0.264 e. The van der Waals surface area contributed by atoms with E-state index in [1.807, 2.05) is 80.6 Å². The number of nitrogens with one attached hydrogen (secondary N) is 1. The highest BCUT2D eigenvalue weighted by Crippen LogP contribution is 2.26. The molecule has 0 saturated heterocycles. The van der Waals surface area contributed by atoms with Crippen molar-refractivity contribution in [3.8, 4) is 5.75 Å². The van der Waals surface area contributed by atoms with Crippen LogP contribution in [-0.4, -0.2) is 51.4 Å². The maximum absolute atomic E-state index is 14.6. The number of nitrogens with zero attached hydrogens (tertiary/aromatic N) is 2. The number of carbonyl (C=O) groups is 2. The minimum atomic E-state index is -4.14. The second-order valence-electron chi connectivity index (χ2n) is 11.1. The molecule has 0 aliphatic heterocycles. The summed E-state index contributed by atoms with van der Waals surface area (Å²) in [4.78, 5) is 30.0. The molecule has 0 spiro atoms. The van der Waals surface area contributed by atoms with Crippen molar-refractivity contribution in [1.29, 1.82) is 0 Å². The van der Waals surface area contributed by atoms with E-state index in [4.69, 9.17) is 4.74 Å². The second kappa shape index (κ2) is 16.6. The Morgan fingerprint density at radius 2 is 1.46 bits per heavy atom. The van der Waals surface area contributed by atoms with Crippen molar-refractivity contribution >= 4 is 27.5 Å². The molecule has 4 aromatic carbocycles. The first-order valence-corrected chi connectivity index (χ1v) is 17.1. The first kappa shape index (κ1) is 34.2. The van der Waals surface area contributed by atoms with Gasteiger partial charge in [-0.25, -0.2) is 8.42 Å². The van der Waals surface area contributed by atoms with Crippen molar-refractivity contribution in [1.82, 2.24) is 10.2 Å². The number of unbranched alkanes of at least 4 members (excludes halogenated alkanes) is 1. The van der Waals surface area contributed by atoms with Gasteiger partial charge in [-0.2, -0.15) is 0 Å². The summed E-state index contributed by atoms with van der Waals surface area (Å²) >= 11 is 0. The average molecular weight is 642 g/mol. The SMILES string of the molecule is CCCCNC(=O)C(Cc1ccccc1)N(Cc1cccc(OC)c1)C(=O)CN(c1ccc(CC)cc1)S(=O)(=O)c1ccccc1. The number of anilines is 1. The fraction of sp³-hybridized carbons (Fsp3) is 0.297. The summed E-state index contributed by atoms with van der Waals surface area (Å²) in [5.41, 5.74) is 3.03. The summed E-state index contributed by atoms with van der Waals surface area (Å²) in [5, 5.41) is 3.01. The third-order valence-electron chi connectivity index (χ3n) is 7.83. The zero-order valence-corrected chi connectivity index (χ0v) is 27.6. The molecule has 0 aliphatic rings. The molecule has 8 nitrogen and oxygen atoms in total. The maximum atomic E-state index is 14.6. The number of amides is 2. The lowest BCUT2D eigenvalue weighted by Crippen LogP contribution is -2.53. The fourth-order valence-corrected chi connectivity index (χ4v) is 6.61. The topological polar surface area (TPSA) is 96.0 Å². The molecule has 4 aromatic rings. The van der Waals surface area contributed by atoms with Crippen molar-refractivity contribution in [2.75, 3.05) is 24.5 Å². The smallest absolute Gasteiger partial charge is 0.264 e. The molecule has 1 unspecified atom stereocenters. The van der Waals surface area contributed by atoms with Crippen LogP contribution in [0.2, 0.25) is 0 Å². The van der Waals surface area contributed by atoms with Gasteiger partial charge in [0.05, 0.1) is 17.7 Å². The Kier molecular flexibility index (Phi) is 12.4. The van der Waals surface area contributed by atoms with E-state index in [-0.39, 0.29) is 23.8 Å². The van der Waals surface area contributed by atoms with Crippen LogP contribution in [0.4, 0.5) is 5.69 Å². The van der Waals surface area contributed by atoms with E-state index in [9.17, 15) is 18.0 Å². The molecule has 0 aromatic heterocycles. The van der Waals surface area contributed by atoms with Crippen LogP contribution in [0.3, 0.4) is 0 Å². The van der Waals surface area contributed by atoms with E-state index >= 15 is 0 Å². The van der Waals surface area contributed by atoms with Gasteiger partial charge in [-0.05, 0) is 65.9 Å². The molecule has 46 heavy (non-hydrogen) atoms. The predicted molar refractivity (Wildman–Crippen MR) is 182 cm³/mol. The molecule has 0 saturated carbocycles. The molecule has 9 heteroatoms. The van der Waals surface area contributed by atoms with Crippen LogP contribution in [0.25, 0.3) is 0 Å². The lowest BCUT2D eigenvalue weighted by Gasteiger charge is -2.34. The van der Waals surface area contributed by atoms with Crippen molar-refractivity contribution in [2.45, 2.75) is 57.0 Å². The summed E-state index contributed by atoms with van der Waals surface area (Å²) in [5.74, 6) is -0.187. The Hall–Kier alpha value is -4.63. The standard InChI is InChI=1S/C37H43N3O5S/c1-4-6-24-38-37(42)35(26-30-14-9-7-10-15-30)39(27-31-16-13-17-33(25-31)45-3)36(41)28-40(32-22-20-29(5-2)21-23-32)46(43,44)34-18-11-8-12-19-34/h7-23,25,35H,4-6,24,26-28H2,1-3H3,(H,38,42). The van der Waals surface area contributed by atoms with Gasteiger partial charge in [0, 0.05) is 19.5 Å². The number of ether oxygens (including phenoxy) is 1. The normalized spacial score (nSPS) is 11.8. The number of hydrogen-bond acceptors (Lipinski definition) is 5. The largest absolute Gasteiger partial charge is 0.497 e. The lowest BCUT2D eigenvalue weighted by atomic mass is 10.0. The highest BCUT2D eigenvalue weighted by molar-refractivity contribution is 7.92. The number of hydrogen-bond donors (Lipinski definition) is 1. The first-order chi connectivity index (χ1) is 22.3. The van der Waals surface area contributed by atoms with Crippen LogP contribution in [0, 0.1) is 0 Å². The number of benzene rings is 4. The van der Waals surface area contributed by atoms with Gasteiger partial charge in [0.2, 0.25) is 11.8 Å². The van der Waals surface area contributed by atoms with Gasteiger partial charge < -0.3 is 15.0 Å². The number of aryl methyl sites for hydroxylation is 1. The molecule has 2 amide bonds. The Balaban J connectivity index is 1.79. The van der Waals surface area contributed by atoms with Gasteiger partial charge >= 0.3 is 0 Å². The number of sulfonamides is 1. The van der Waals surface area contributed by atoms with E-state index in [0.29, 0.717) is 18.0 Å². The lowest BCUT2D eigenvalue weighted by molar-refractivity contribution is -0.140. The Labute approximate surface area is 273 Å². The molecule has 0 heterocycles. The van der Waals surface area contributed by atoms with Crippen LogP contribution in [0.15, 0.2) is 114 Å². The zero-order valence-electron chi connectivity index (χ0n) is 26.8. The number of rotatable bonds is 16. The molecule has 1 N–H and O–H groups in total. The molecule has 1 atom stereocenters. The molecular weight excluding hydrogens is 598 g/mol. The highest BCUT2D eigenvalue weighted by atomic mass is 32.2. The minimum Gasteiger partial charge on any atom is -0.497 e. The first-order valence-electron chi connectivity index (χ1n) is 15.7. The van der Waals surface area contributed by atoms with Crippen LogP contribution in [0.5, 0.6) is 5.75 Å². The van der Waals surface area contributed by atoms with E-state index < -0.39 is 28.5 Å². The molecule has 0 fully saturated rings. The summed E-state index contributed by atoms with van der Waals surface area (Å²) in [7, 11) is -2.58. The minimum absolute atomic E-state index is 0.0693. The summed E-state index contributed by atoms with van der Waals surface area (Å²) in [6.07, 6.45) is 2.74. The van der Waals surface area contributed by atoms with Crippen molar-refractivity contribution in [2.24, 2.45) is 0 Å². The highest BCUT2D eigenvalue weighted by Gasteiger charge is 2.34. The van der Waals surface area contributed by atoms with E-state index in [1.54, 1.807) is 37.4 Å². The second-order valence-corrected chi connectivity index (χ2v) is 12.9. The van der Waals surface area contributed by atoms with Gasteiger partial charge in [-0.3, -0.25) is 13.9 Å². The molecule has 0 aliphatic carbocycles. The van der Waals surface area contributed by atoms with Crippen LogP contribution in [0.1, 0.15) is 43.4 Å². The van der Waals surface area contributed by atoms with Crippen molar-refractivity contribution in [3.05, 3.63) is 126 Å².